The number of aliphatic hydroxyl groups is 2. The molecule has 0 radical (unpaired) electrons. The van der Waals surface area contributed by atoms with Gasteiger partial charge in [-0.25, -0.2) is 4.79 Å². The summed E-state index contributed by atoms with van der Waals surface area (Å²) >= 11 is 1.92. The predicted molar refractivity (Wildman–Crippen MR) is 70.6 cm³/mol. The molecule has 2 fully saturated rings. The van der Waals surface area contributed by atoms with Crippen LogP contribution in [0.2, 0.25) is 0 Å². The van der Waals surface area contributed by atoms with Crippen molar-refractivity contribution in [2.75, 3.05) is 20.3 Å². The molecule has 0 aromatic heterocycles. The van der Waals surface area contributed by atoms with E-state index in [0.717, 1.165) is 0 Å². The van der Waals surface area contributed by atoms with Crippen molar-refractivity contribution in [3.63, 3.8) is 0 Å². The summed E-state index contributed by atoms with van der Waals surface area (Å²) in [5, 5.41) is 21.2. The first kappa shape index (κ1) is 14.9. The second kappa shape index (κ2) is 5.87. The van der Waals surface area contributed by atoms with Crippen LogP contribution in [0.1, 0.15) is 0 Å². The minimum absolute atomic E-state index is 0.167. The van der Waals surface area contributed by atoms with Gasteiger partial charge in [0.15, 0.2) is 6.23 Å². The molecule has 5 atom stereocenters. The molecule has 0 aromatic carbocycles. The van der Waals surface area contributed by atoms with Gasteiger partial charge in [0.1, 0.15) is 22.2 Å². The first-order valence-corrected chi connectivity index (χ1v) is 6.97. The van der Waals surface area contributed by atoms with E-state index in [0.29, 0.717) is 0 Å². The van der Waals surface area contributed by atoms with Gasteiger partial charge in [0, 0.05) is 13.7 Å². The lowest BCUT2D eigenvalue weighted by atomic mass is 10.1. The van der Waals surface area contributed by atoms with E-state index in [1.165, 1.54) is 12.0 Å². The van der Waals surface area contributed by atoms with Gasteiger partial charge in [0.25, 0.3) is 0 Å². The molecule has 108 valence electrons. The Hall–Kier alpha value is -0.490. The zero-order valence-electron chi connectivity index (χ0n) is 10.2. The minimum Gasteiger partial charge on any atom is -0.394 e. The molecule has 1 unspecified atom stereocenters. The molecule has 0 spiro atoms. The number of aliphatic hydroxyl groups excluding tert-OH is 2. The van der Waals surface area contributed by atoms with Crippen LogP contribution in [0.3, 0.4) is 0 Å². The topological polar surface area (TPSA) is 108 Å². The Balaban J connectivity index is 2.16. The normalized spacial score (nSPS) is 39.6. The maximum atomic E-state index is 11.8. The number of nitrogens with zero attached hydrogens (tertiary/aromatic N) is 1. The van der Waals surface area contributed by atoms with Crippen molar-refractivity contribution < 1.29 is 29.3 Å². The summed E-state index contributed by atoms with van der Waals surface area (Å²) < 4.78 is 10.2. The number of carbonyl (C=O) groups is 2. The number of halogens is 1. The lowest BCUT2D eigenvalue weighted by molar-refractivity contribution is -0.125. The van der Waals surface area contributed by atoms with E-state index in [9.17, 15) is 14.7 Å². The van der Waals surface area contributed by atoms with E-state index in [4.69, 9.17) is 14.6 Å². The molecule has 0 bridgehead atoms. The van der Waals surface area contributed by atoms with E-state index in [1.807, 2.05) is 22.6 Å². The molecular formula is C10H15IN2O6. The lowest BCUT2D eigenvalue weighted by Crippen LogP contribution is -2.60. The number of carbonyl (C=O) groups excluding carboxylic acids is 2. The smallest absolute Gasteiger partial charge is 0.326 e. The van der Waals surface area contributed by atoms with Crippen molar-refractivity contribution in [2.45, 2.75) is 28.5 Å². The Morgan fingerprint density at radius 2 is 2.26 bits per heavy atom. The number of amides is 3. The molecular weight excluding hydrogens is 371 g/mol. The summed E-state index contributed by atoms with van der Waals surface area (Å²) in [6.07, 6.45) is -3.44. The molecule has 3 N–H and O–H groups in total. The fourth-order valence-corrected chi connectivity index (χ4v) is 2.77. The molecule has 0 aromatic rings. The largest absolute Gasteiger partial charge is 0.394 e. The van der Waals surface area contributed by atoms with Crippen molar-refractivity contribution in [1.82, 2.24) is 10.2 Å². The maximum Gasteiger partial charge on any atom is 0.326 e. The molecule has 2 aliphatic heterocycles. The molecule has 0 aliphatic carbocycles. The Kier molecular flexibility index (Phi) is 4.61. The molecule has 3 amide bonds. The molecule has 19 heavy (non-hydrogen) atoms. The molecule has 2 rings (SSSR count). The zero-order chi connectivity index (χ0) is 14.2. The first-order chi connectivity index (χ1) is 8.99. The van der Waals surface area contributed by atoms with Gasteiger partial charge in [0.05, 0.1) is 6.61 Å². The Morgan fingerprint density at radius 3 is 2.84 bits per heavy atom. The van der Waals surface area contributed by atoms with Gasteiger partial charge < -0.3 is 19.7 Å². The molecule has 8 nitrogen and oxygen atoms in total. The van der Waals surface area contributed by atoms with Crippen LogP contribution >= 0.6 is 22.6 Å². The van der Waals surface area contributed by atoms with Crippen molar-refractivity contribution in [3.8, 4) is 0 Å². The highest BCUT2D eigenvalue weighted by Gasteiger charge is 2.49. The van der Waals surface area contributed by atoms with E-state index < -0.39 is 34.5 Å². The van der Waals surface area contributed by atoms with Gasteiger partial charge in [0.2, 0.25) is 5.91 Å². The summed E-state index contributed by atoms with van der Waals surface area (Å²) in [7, 11) is 1.39. The van der Waals surface area contributed by atoms with Crippen LogP contribution in [-0.4, -0.2) is 75.8 Å². The zero-order valence-corrected chi connectivity index (χ0v) is 12.3. The van der Waals surface area contributed by atoms with Gasteiger partial charge in [-0.1, -0.05) is 22.6 Å². The van der Waals surface area contributed by atoms with Crippen molar-refractivity contribution in [2.24, 2.45) is 0 Å². The number of ether oxygens (including phenoxy) is 2. The average molecular weight is 386 g/mol. The van der Waals surface area contributed by atoms with Gasteiger partial charge in [-0.05, 0) is 0 Å². The van der Waals surface area contributed by atoms with Gasteiger partial charge in [-0.2, -0.15) is 0 Å². The van der Waals surface area contributed by atoms with Crippen LogP contribution in [-0.2, 0) is 14.3 Å². The fraction of sp³-hybridized carbons (Fsp3) is 0.800. The number of hydrogen-bond acceptors (Lipinski definition) is 6. The number of imide groups is 1. The molecule has 2 aliphatic rings. The van der Waals surface area contributed by atoms with Crippen molar-refractivity contribution >= 4 is 34.5 Å². The maximum absolute atomic E-state index is 11.8. The fourth-order valence-electron chi connectivity index (χ4n) is 2.19. The van der Waals surface area contributed by atoms with Crippen LogP contribution in [0.15, 0.2) is 0 Å². The van der Waals surface area contributed by atoms with Crippen LogP contribution in [0.4, 0.5) is 4.79 Å². The van der Waals surface area contributed by atoms with E-state index in [1.54, 1.807) is 0 Å². The minimum atomic E-state index is -1.03. The second-order valence-electron chi connectivity index (χ2n) is 4.35. The monoisotopic (exact) mass is 386 g/mol. The van der Waals surface area contributed by atoms with Gasteiger partial charge >= 0.3 is 6.03 Å². The van der Waals surface area contributed by atoms with Crippen LogP contribution in [0, 0.1) is 0 Å². The van der Waals surface area contributed by atoms with Crippen LogP contribution < -0.4 is 5.32 Å². The first-order valence-electron chi connectivity index (χ1n) is 5.72. The number of hydrogen-bond donors (Lipinski definition) is 3. The summed E-state index contributed by atoms with van der Waals surface area (Å²) in [6, 6.07) is -0.587. The third kappa shape index (κ3) is 2.70. The average Bonchev–Trinajstić information content (AvgIpc) is 2.70. The van der Waals surface area contributed by atoms with Gasteiger partial charge in [-0.15, -0.1) is 0 Å². The summed E-state index contributed by atoms with van der Waals surface area (Å²) in [4.78, 5) is 24.5. The van der Waals surface area contributed by atoms with E-state index in [-0.39, 0.29) is 19.1 Å². The number of alkyl halides is 1. The molecule has 2 saturated heterocycles. The summed E-state index contributed by atoms with van der Waals surface area (Å²) in [5.74, 6) is -0.354. The van der Waals surface area contributed by atoms with E-state index >= 15 is 0 Å². The number of nitrogens with one attached hydrogen (secondary N) is 1. The van der Waals surface area contributed by atoms with Crippen molar-refractivity contribution in [3.05, 3.63) is 0 Å². The highest BCUT2D eigenvalue weighted by molar-refractivity contribution is 14.1. The summed E-state index contributed by atoms with van der Waals surface area (Å²) in [6.45, 7) is -0.208. The highest BCUT2D eigenvalue weighted by Crippen LogP contribution is 2.28. The molecule has 2 heterocycles. The second-order valence-corrected chi connectivity index (χ2v) is 5.86. The Labute approximate surface area is 123 Å². The number of rotatable bonds is 3. The quantitative estimate of drug-likeness (QED) is 0.400. The number of methoxy groups -OCH3 is 1. The third-order valence-corrected chi connectivity index (χ3v) is 4.16. The Bertz CT molecular complexity index is 381. The van der Waals surface area contributed by atoms with E-state index in [2.05, 4.69) is 5.32 Å². The summed E-state index contributed by atoms with van der Waals surface area (Å²) in [5.41, 5.74) is 0. The Morgan fingerprint density at radius 1 is 1.58 bits per heavy atom. The van der Waals surface area contributed by atoms with Crippen LogP contribution in [0.5, 0.6) is 0 Å². The van der Waals surface area contributed by atoms with Crippen LogP contribution in [0.25, 0.3) is 0 Å². The molecule has 9 heteroatoms. The standard InChI is InChI=1S/C10H15IN2O6/c1-18-7-6(15)5(3-14)19-9(7)13-2-4(11)8(16)12-10(13)17/h4-7,9,14-15H,2-3H2,1H3,(H,12,16,17)/t4?,5-,6-,7-,9-/m1/s1. The third-order valence-electron chi connectivity index (χ3n) is 3.20. The molecule has 0 saturated carbocycles. The van der Waals surface area contributed by atoms with Gasteiger partial charge in [-0.3, -0.25) is 15.0 Å². The predicted octanol–water partition coefficient (Wildman–Crippen LogP) is -1.57. The lowest BCUT2D eigenvalue weighted by Gasteiger charge is -2.35. The number of urea groups is 1. The highest BCUT2D eigenvalue weighted by atomic mass is 127. The SMILES string of the molecule is CO[C@@H]1[C@H](O)[C@@H](CO)O[C@H]1N1CC(I)C(=O)NC1=O. The van der Waals surface area contributed by atoms with Crippen molar-refractivity contribution in [1.29, 1.82) is 0 Å².